The smallest absolute Gasteiger partial charge is 0.229 e. The number of hydrogen-bond donors (Lipinski definition) is 2. The molecule has 6 heteroatoms. The molecule has 4 rings (SSSR count). The molecule has 1 aliphatic heterocycles. The van der Waals surface area contributed by atoms with Crippen molar-refractivity contribution < 1.29 is 9.84 Å². The fourth-order valence-electron chi connectivity index (χ4n) is 3.30. The van der Waals surface area contributed by atoms with Gasteiger partial charge in [-0.05, 0) is 36.8 Å². The number of aromatic nitrogens is 2. The predicted molar refractivity (Wildman–Crippen MR) is 95.7 cm³/mol. The van der Waals surface area contributed by atoms with E-state index in [1.165, 1.54) is 0 Å². The number of rotatable bonds is 2. The van der Waals surface area contributed by atoms with E-state index in [1.54, 1.807) is 22.9 Å². The van der Waals surface area contributed by atoms with Gasteiger partial charge < -0.3 is 15.6 Å². The van der Waals surface area contributed by atoms with Gasteiger partial charge in [-0.2, -0.15) is 10.4 Å². The molecule has 0 aliphatic carbocycles. The van der Waals surface area contributed by atoms with E-state index in [2.05, 4.69) is 11.2 Å². The first-order chi connectivity index (χ1) is 12.6. The molecular weight excluding hydrogens is 328 g/mol. The summed E-state index contributed by atoms with van der Waals surface area (Å²) in [4.78, 5) is 0. The van der Waals surface area contributed by atoms with Gasteiger partial charge in [0.15, 0.2) is 0 Å². The Morgan fingerprint density at radius 3 is 2.65 bits per heavy atom. The molecule has 0 bridgehead atoms. The number of phenols is 1. The second-order valence-corrected chi connectivity index (χ2v) is 6.07. The van der Waals surface area contributed by atoms with Gasteiger partial charge >= 0.3 is 0 Å². The first kappa shape index (κ1) is 15.8. The minimum Gasteiger partial charge on any atom is -0.508 e. The van der Waals surface area contributed by atoms with Gasteiger partial charge in [-0.3, -0.25) is 0 Å². The SMILES string of the molecule is Cc1nn(-c2ccccc2)c2c1C(c1cccc(O)c1)C(C#N)=C(N)O2. The molecular formula is C20H16N4O2. The van der Waals surface area contributed by atoms with Gasteiger partial charge in [-0.15, -0.1) is 0 Å². The summed E-state index contributed by atoms with van der Waals surface area (Å²) < 4.78 is 7.48. The van der Waals surface area contributed by atoms with Crippen molar-refractivity contribution >= 4 is 0 Å². The number of phenolic OH excluding ortho intramolecular Hbond substituents is 1. The molecule has 0 saturated heterocycles. The zero-order valence-corrected chi connectivity index (χ0v) is 14.0. The van der Waals surface area contributed by atoms with Crippen molar-refractivity contribution in [2.24, 2.45) is 5.73 Å². The van der Waals surface area contributed by atoms with E-state index in [0.717, 1.165) is 22.5 Å². The quantitative estimate of drug-likeness (QED) is 0.744. The van der Waals surface area contributed by atoms with Gasteiger partial charge in [0, 0.05) is 0 Å². The highest BCUT2D eigenvalue weighted by atomic mass is 16.5. The van der Waals surface area contributed by atoms with Gasteiger partial charge in [-0.1, -0.05) is 30.3 Å². The van der Waals surface area contributed by atoms with Crippen LogP contribution in [0.25, 0.3) is 5.69 Å². The Bertz CT molecular complexity index is 1060. The molecule has 1 unspecified atom stereocenters. The minimum atomic E-state index is -0.451. The van der Waals surface area contributed by atoms with Gasteiger partial charge in [0.2, 0.25) is 11.8 Å². The van der Waals surface area contributed by atoms with Crippen LogP contribution in [-0.2, 0) is 0 Å². The molecule has 0 spiro atoms. The number of benzene rings is 2. The van der Waals surface area contributed by atoms with Crippen molar-refractivity contribution in [2.75, 3.05) is 0 Å². The Balaban J connectivity index is 1.97. The molecule has 128 valence electrons. The van der Waals surface area contributed by atoms with E-state index >= 15 is 0 Å². The Labute approximate surface area is 150 Å². The van der Waals surface area contributed by atoms with Crippen LogP contribution in [0, 0.1) is 18.3 Å². The summed E-state index contributed by atoms with van der Waals surface area (Å²) in [6, 6.07) is 18.5. The first-order valence-corrected chi connectivity index (χ1v) is 8.11. The number of fused-ring (bicyclic) bond motifs is 1. The molecule has 1 atom stereocenters. The minimum absolute atomic E-state index is 0.0467. The molecule has 0 amide bonds. The van der Waals surface area contributed by atoms with Crippen molar-refractivity contribution in [1.29, 1.82) is 5.26 Å². The molecule has 0 fully saturated rings. The number of ether oxygens (including phenoxy) is 1. The van der Waals surface area contributed by atoms with E-state index in [4.69, 9.17) is 10.5 Å². The molecule has 0 radical (unpaired) electrons. The van der Waals surface area contributed by atoms with E-state index in [0.29, 0.717) is 11.5 Å². The number of nitriles is 1. The van der Waals surface area contributed by atoms with Crippen LogP contribution in [0.15, 0.2) is 66.1 Å². The predicted octanol–water partition coefficient (Wildman–Crippen LogP) is 3.10. The van der Waals surface area contributed by atoms with Gasteiger partial charge in [0.05, 0.1) is 22.9 Å². The monoisotopic (exact) mass is 344 g/mol. The number of aryl methyl sites for hydroxylation is 1. The van der Waals surface area contributed by atoms with Crippen molar-refractivity contribution in [3.8, 4) is 23.4 Å². The van der Waals surface area contributed by atoms with E-state index in [-0.39, 0.29) is 11.6 Å². The molecule has 1 aliphatic rings. The van der Waals surface area contributed by atoms with Crippen LogP contribution >= 0.6 is 0 Å². The topological polar surface area (TPSA) is 97.1 Å². The summed E-state index contributed by atoms with van der Waals surface area (Å²) in [6.07, 6.45) is 0. The lowest BCUT2D eigenvalue weighted by atomic mass is 9.84. The molecule has 6 nitrogen and oxygen atoms in total. The summed E-state index contributed by atoms with van der Waals surface area (Å²) in [5.41, 5.74) is 9.45. The zero-order valence-electron chi connectivity index (χ0n) is 14.0. The number of aromatic hydroxyl groups is 1. The third-order valence-corrected chi connectivity index (χ3v) is 4.44. The first-order valence-electron chi connectivity index (χ1n) is 8.11. The molecule has 3 aromatic rings. The maximum Gasteiger partial charge on any atom is 0.229 e. The van der Waals surface area contributed by atoms with E-state index in [9.17, 15) is 10.4 Å². The van der Waals surface area contributed by atoms with Crippen LogP contribution in [0.3, 0.4) is 0 Å². The largest absolute Gasteiger partial charge is 0.508 e. The maximum absolute atomic E-state index is 9.89. The van der Waals surface area contributed by atoms with Crippen LogP contribution in [-0.4, -0.2) is 14.9 Å². The number of hydrogen-bond acceptors (Lipinski definition) is 5. The van der Waals surface area contributed by atoms with Crippen LogP contribution in [0.2, 0.25) is 0 Å². The Morgan fingerprint density at radius 2 is 1.96 bits per heavy atom. The Kier molecular flexibility index (Phi) is 3.63. The Morgan fingerprint density at radius 1 is 1.19 bits per heavy atom. The highest BCUT2D eigenvalue weighted by Crippen LogP contribution is 2.44. The number of nitrogens with two attached hydrogens (primary N) is 1. The third-order valence-electron chi connectivity index (χ3n) is 4.44. The van der Waals surface area contributed by atoms with E-state index < -0.39 is 5.92 Å². The maximum atomic E-state index is 9.89. The standard InChI is InChI=1S/C20H16N4O2/c1-12-17-18(13-6-5-9-15(25)10-13)16(11-21)19(22)26-20(17)24(23-12)14-7-3-2-4-8-14/h2-10,18,25H,22H2,1H3. The molecule has 2 heterocycles. The summed E-state index contributed by atoms with van der Waals surface area (Å²) in [5.74, 6) is 0.205. The van der Waals surface area contributed by atoms with Gasteiger partial charge in [-0.25, -0.2) is 4.68 Å². The summed E-state index contributed by atoms with van der Waals surface area (Å²) >= 11 is 0. The van der Waals surface area contributed by atoms with Crippen molar-refractivity contribution in [3.05, 3.63) is 82.9 Å². The lowest BCUT2D eigenvalue weighted by Crippen LogP contribution is -2.22. The molecule has 1 aromatic heterocycles. The normalized spacial score (nSPS) is 15.9. The highest BCUT2D eigenvalue weighted by molar-refractivity contribution is 5.57. The van der Waals surface area contributed by atoms with Crippen LogP contribution in [0.5, 0.6) is 11.6 Å². The Hall–Kier alpha value is -3.72. The summed E-state index contributed by atoms with van der Waals surface area (Å²) in [5, 5.41) is 24.1. The number of para-hydroxylation sites is 1. The molecule has 0 saturated carbocycles. The van der Waals surface area contributed by atoms with Gasteiger partial charge in [0.1, 0.15) is 17.4 Å². The molecule has 26 heavy (non-hydrogen) atoms. The van der Waals surface area contributed by atoms with Gasteiger partial charge in [0.25, 0.3) is 0 Å². The molecule has 3 N–H and O–H groups in total. The van der Waals surface area contributed by atoms with E-state index in [1.807, 2.05) is 43.3 Å². The molecule has 2 aromatic carbocycles. The fourth-order valence-corrected chi connectivity index (χ4v) is 3.30. The fraction of sp³-hybridized carbons (Fsp3) is 0.100. The van der Waals surface area contributed by atoms with Crippen LogP contribution < -0.4 is 10.5 Å². The van der Waals surface area contributed by atoms with Crippen molar-refractivity contribution in [3.63, 3.8) is 0 Å². The average molecular weight is 344 g/mol. The lowest BCUT2D eigenvalue weighted by molar-refractivity contribution is 0.367. The summed E-state index contributed by atoms with van der Waals surface area (Å²) in [7, 11) is 0. The number of nitrogens with zero attached hydrogens (tertiary/aromatic N) is 3. The van der Waals surface area contributed by atoms with Crippen molar-refractivity contribution in [1.82, 2.24) is 9.78 Å². The zero-order chi connectivity index (χ0) is 18.3. The third kappa shape index (κ3) is 2.38. The average Bonchev–Trinajstić information content (AvgIpc) is 2.97. The van der Waals surface area contributed by atoms with Crippen molar-refractivity contribution in [2.45, 2.75) is 12.8 Å². The highest BCUT2D eigenvalue weighted by Gasteiger charge is 2.36. The van der Waals surface area contributed by atoms with Crippen LogP contribution in [0.1, 0.15) is 22.7 Å². The number of allylic oxidation sites excluding steroid dienone is 1. The second kappa shape index (κ2) is 5.97. The lowest BCUT2D eigenvalue weighted by Gasteiger charge is -2.25. The van der Waals surface area contributed by atoms with Crippen LogP contribution in [0.4, 0.5) is 0 Å². The second-order valence-electron chi connectivity index (χ2n) is 6.07. The summed E-state index contributed by atoms with van der Waals surface area (Å²) in [6.45, 7) is 1.87.